The molecule has 0 radical (unpaired) electrons. The lowest BCUT2D eigenvalue weighted by Crippen LogP contribution is -2.43. The molecule has 0 aromatic heterocycles. The minimum atomic E-state index is 0.116. The summed E-state index contributed by atoms with van der Waals surface area (Å²) in [5.41, 5.74) is 0.699. The van der Waals surface area contributed by atoms with E-state index in [1.807, 2.05) is 17.0 Å². The van der Waals surface area contributed by atoms with Crippen LogP contribution in [0.15, 0.2) is 18.2 Å². The minimum Gasteiger partial charge on any atom is -0.454 e. The third-order valence-electron chi connectivity index (χ3n) is 3.98. The number of hydrogen-bond donors (Lipinski definition) is 0. The Labute approximate surface area is 113 Å². The predicted molar refractivity (Wildman–Crippen MR) is 71.5 cm³/mol. The maximum absolute atomic E-state index is 12.6. The predicted octanol–water partition coefficient (Wildman–Crippen LogP) is 2.82. The van der Waals surface area contributed by atoms with Gasteiger partial charge in [-0.1, -0.05) is 6.92 Å². The van der Waals surface area contributed by atoms with Crippen LogP contribution in [-0.2, 0) is 0 Å². The third-order valence-corrected chi connectivity index (χ3v) is 3.98. The molecule has 0 aliphatic carbocycles. The van der Waals surface area contributed by atoms with Gasteiger partial charge in [0, 0.05) is 18.2 Å². The first kappa shape index (κ1) is 12.3. The topological polar surface area (TPSA) is 38.8 Å². The Kier molecular flexibility index (Phi) is 3.32. The van der Waals surface area contributed by atoms with Gasteiger partial charge in [-0.15, -0.1) is 0 Å². The van der Waals surface area contributed by atoms with E-state index in [0.717, 1.165) is 31.6 Å². The molecule has 4 heteroatoms. The van der Waals surface area contributed by atoms with Gasteiger partial charge in [0.15, 0.2) is 11.5 Å². The van der Waals surface area contributed by atoms with Crippen LogP contribution in [0.2, 0.25) is 0 Å². The average Bonchev–Trinajstić information content (AvgIpc) is 2.93. The molecule has 0 N–H and O–H groups in total. The van der Waals surface area contributed by atoms with Crippen molar-refractivity contribution in [2.45, 2.75) is 38.6 Å². The molecule has 2 heterocycles. The van der Waals surface area contributed by atoms with E-state index in [4.69, 9.17) is 9.47 Å². The molecule has 0 unspecified atom stereocenters. The van der Waals surface area contributed by atoms with Gasteiger partial charge in [-0.2, -0.15) is 0 Å². The fourth-order valence-corrected chi connectivity index (χ4v) is 2.89. The summed E-state index contributed by atoms with van der Waals surface area (Å²) in [4.78, 5) is 14.6. The number of hydrogen-bond acceptors (Lipinski definition) is 3. The zero-order valence-electron chi connectivity index (χ0n) is 11.2. The second-order valence-electron chi connectivity index (χ2n) is 5.12. The van der Waals surface area contributed by atoms with E-state index in [0.29, 0.717) is 17.4 Å². The molecule has 4 nitrogen and oxygen atoms in total. The molecule has 1 aromatic rings. The van der Waals surface area contributed by atoms with E-state index in [1.54, 1.807) is 6.07 Å². The largest absolute Gasteiger partial charge is 0.454 e. The van der Waals surface area contributed by atoms with Crippen LogP contribution in [0.4, 0.5) is 0 Å². The molecule has 2 aliphatic rings. The van der Waals surface area contributed by atoms with E-state index >= 15 is 0 Å². The molecular formula is C15H19NO3. The first-order valence-electron chi connectivity index (χ1n) is 7.00. The molecule has 2 aliphatic heterocycles. The molecule has 1 fully saturated rings. The number of carbonyl (C=O) groups is 1. The van der Waals surface area contributed by atoms with Gasteiger partial charge in [-0.05, 0) is 43.9 Å². The van der Waals surface area contributed by atoms with Crippen LogP contribution in [-0.4, -0.2) is 30.2 Å². The van der Waals surface area contributed by atoms with E-state index in [2.05, 4.69) is 6.92 Å². The summed E-state index contributed by atoms with van der Waals surface area (Å²) in [5.74, 6) is 1.52. The van der Waals surface area contributed by atoms with Gasteiger partial charge in [0.25, 0.3) is 5.91 Å². The summed E-state index contributed by atoms with van der Waals surface area (Å²) in [5, 5.41) is 0. The zero-order chi connectivity index (χ0) is 13.2. The van der Waals surface area contributed by atoms with Crippen molar-refractivity contribution in [3.8, 4) is 11.5 Å². The highest BCUT2D eigenvalue weighted by atomic mass is 16.7. The van der Waals surface area contributed by atoms with Crippen LogP contribution in [0.25, 0.3) is 0 Å². The lowest BCUT2D eigenvalue weighted by molar-refractivity contribution is 0.0607. The lowest BCUT2D eigenvalue weighted by atomic mass is 9.99. The Morgan fingerprint density at radius 2 is 2.16 bits per heavy atom. The molecule has 1 saturated heterocycles. The maximum atomic E-state index is 12.6. The molecule has 0 bridgehead atoms. The number of rotatable bonds is 2. The fourth-order valence-electron chi connectivity index (χ4n) is 2.89. The molecule has 19 heavy (non-hydrogen) atoms. The summed E-state index contributed by atoms with van der Waals surface area (Å²) in [7, 11) is 0. The summed E-state index contributed by atoms with van der Waals surface area (Å²) in [6, 6.07) is 5.83. The van der Waals surface area contributed by atoms with Crippen molar-refractivity contribution in [3.63, 3.8) is 0 Å². The molecule has 0 spiro atoms. The number of amides is 1. The standard InChI is InChI=1S/C15H19NO3/c1-2-12-5-3-4-8-16(12)15(17)11-6-7-13-14(9-11)19-10-18-13/h6-7,9,12H,2-5,8,10H2,1H3/t12-/m1/s1. The van der Waals surface area contributed by atoms with Crippen LogP contribution in [0.1, 0.15) is 43.0 Å². The minimum absolute atomic E-state index is 0.116. The second-order valence-corrected chi connectivity index (χ2v) is 5.12. The van der Waals surface area contributed by atoms with E-state index in [9.17, 15) is 4.79 Å². The fraction of sp³-hybridized carbons (Fsp3) is 0.533. The monoisotopic (exact) mass is 261 g/mol. The summed E-state index contributed by atoms with van der Waals surface area (Å²) in [6.07, 6.45) is 4.47. The van der Waals surface area contributed by atoms with Crippen molar-refractivity contribution in [1.82, 2.24) is 4.90 Å². The molecule has 1 aromatic carbocycles. The van der Waals surface area contributed by atoms with Crippen LogP contribution in [0.5, 0.6) is 11.5 Å². The van der Waals surface area contributed by atoms with Crippen molar-refractivity contribution in [2.75, 3.05) is 13.3 Å². The molecule has 1 atom stereocenters. The summed E-state index contributed by atoms with van der Waals surface area (Å²) >= 11 is 0. The van der Waals surface area contributed by atoms with Crippen molar-refractivity contribution < 1.29 is 14.3 Å². The van der Waals surface area contributed by atoms with Gasteiger partial charge in [0.2, 0.25) is 6.79 Å². The normalized spacial score (nSPS) is 21.5. The highest BCUT2D eigenvalue weighted by Gasteiger charge is 2.27. The Hall–Kier alpha value is -1.71. The number of nitrogens with zero attached hydrogens (tertiary/aromatic N) is 1. The lowest BCUT2D eigenvalue weighted by Gasteiger charge is -2.35. The smallest absolute Gasteiger partial charge is 0.254 e. The van der Waals surface area contributed by atoms with Crippen molar-refractivity contribution >= 4 is 5.91 Å². The Bertz CT molecular complexity index is 486. The first-order valence-corrected chi connectivity index (χ1v) is 7.00. The highest BCUT2D eigenvalue weighted by Crippen LogP contribution is 2.33. The Morgan fingerprint density at radius 3 is 3.00 bits per heavy atom. The Morgan fingerprint density at radius 1 is 1.32 bits per heavy atom. The van der Waals surface area contributed by atoms with Crippen molar-refractivity contribution in [1.29, 1.82) is 0 Å². The van der Waals surface area contributed by atoms with Crippen LogP contribution < -0.4 is 9.47 Å². The quantitative estimate of drug-likeness (QED) is 0.821. The maximum Gasteiger partial charge on any atom is 0.254 e. The average molecular weight is 261 g/mol. The number of ether oxygens (including phenoxy) is 2. The molecule has 1 amide bonds. The SMILES string of the molecule is CC[C@@H]1CCCCN1C(=O)c1ccc2c(c1)OCO2. The van der Waals surface area contributed by atoms with Gasteiger partial charge in [-0.25, -0.2) is 0 Å². The summed E-state index contributed by atoms with van der Waals surface area (Å²) < 4.78 is 10.6. The summed E-state index contributed by atoms with van der Waals surface area (Å²) in [6.45, 7) is 3.26. The van der Waals surface area contributed by atoms with Crippen LogP contribution >= 0.6 is 0 Å². The molecule has 102 valence electrons. The number of carbonyl (C=O) groups excluding carboxylic acids is 1. The second kappa shape index (κ2) is 5.11. The van der Waals surface area contributed by atoms with Crippen molar-refractivity contribution in [2.24, 2.45) is 0 Å². The van der Waals surface area contributed by atoms with E-state index < -0.39 is 0 Å². The Balaban J connectivity index is 1.82. The van der Waals surface area contributed by atoms with Gasteiger partial charge < -0.3 is 14.4 Å². The number of fused-ring (bicyclic) bond motifs is 1. The van der Waals surface area contributed by atoms with Crippen molar-refractivity contribution in [3.05, 3.63) is 23.8 Å². The van der Waals surface area contributed by atoms with Gasteiger partial charge in [0.1, 0.15) is 0 Å². The van der Waals surface area contributed by atoms with Gasteiger partial charge >= 0.3 is 0 Å². The van der Waals surface area contributed by atoms with Crippen LogP contribution in [0, 0.1) is 0 Å². The number of piperidine rings is 1. The molecule has 3 rings (SSSR count). The van der Waals surface area contributed by atoms with Gasteiger partial charge in [0.05, 0.1) is 0 Å². The van der Waals surface area contributed by atoms with Crippen LogP contribution in [0.3, 0.4) is 0 Å². The van der Waals surface area contributed by atoms with E-state index in [-0.39, 0.29) is 12.7 Å². The molecule has 0 saturated carbocycles. The number of likely N-dealkylation sites (tertiary alicyclic amines) is 1. The highest BCUT2D eigenvalue weighted by molar-refractivity contribution is 5.95. The first-order chi connectivity index (χ1) is 9.29. The van der Waals surface area contributed by atoms with E-state index in [1.165, 1.54) is 6.42 Å². The number of benzene rings is 1. The molecular weight excluding hydrogens is 242 g/mol. The third kappa shape index (κ3) is 2.27. The van der Waals surface area contributed by atoms with Gasteiger partial charge in [-0.3, -0.25) is 4.79 Å². The zero-order valence-corrected chi connectivity index (χ0v) is 11.2.